The molecular weight excluding hydrogens is 112 g/mol. The van der Waals surface area contributed by atoms with Crippen molar-refractivity contribution in [3.8, 4) is 0 Å². The van der Waals surface area contributed by atoms with Crippen LogP contribution in [0.3, 0.4) is 0 Å². The lowest BCUT2D eigenvalue weighted by Crippen LogP contribution is -1.97. The summed E-state index contributed by atoms with van der Waals surface area (Å²) < 4.78 is 5.27. The quantitative estimate of drug-likeness (QED) is 0.518. The molecule has 0 unspecified atom stereocenters. The molecule has 0 amide bonds. The van der Waals surface area contributed by atoms with E-state index in [2.05, 4.69) is 20.8 Å². The molecule has 0 aliphatic rings. The van der Waals surface area contributed by atoms with Gasteiger partial charge in [-0.15, -0.1) is 0 Å². The lowest BCUT2D eigenvalue weighted by molar-refractivity contribution is 0.135. The standard InChI is InChI=1S/C8H17O/c1-4-6-9-7-5-8(2)3/h4-7H2,1-3H3. The molecule has 0 atom stereocenters. The second-order valence-electron chi connectivity index (χ2n) is 2.57. The van der Waals surface area contributed by atoms with E-state index in [0.29, 0.717) is 0 Å². The van der Waals surface area contributed by atoms with Gasteiger partial charge in [-0.3, -0.25) is 0 Å². The van der Waals surface area contributed by atoms with Gasteiger partial charge < -0.3 is 4.74 Å². The molecule has 1 nitrogen and oxygen atoms in total. The summed E-state index contributed by atoms with van der Waals surface area (Å²) in [7, 11) is 0. The summed E-state index contributed by atoms with van der Waals surface area (Å²) in [5.41, 5.74) is 0. The van der Waals surface area contributed by atoms with E-state index in [-0.39, 0.29) is 0 Å². The Bertz CT molecular complexity index is 50.5. The van der Waals surface area contributed by atoms with Crippen LogP contribution in [-0.4, -0.2) is 13.2 Å². The fraction of sp³-hybridized carbons (Fsp3) is 0.875. The van der Waals surface area contributed by atoms with Gasteiger partial charge in [0.2, 0.25) is 0 Å². The van der Waals surface area contributed by atoms with Crippen molar-refractivity contribution in [3.63, 3.8) is 0 Å². The van der Waals surface area contributed by atoms with E-state index < -0.39 is 0 Å². The third-order valence-electron chi connectivity index (χ3n) is 1.09. The molecule has 0 saturated carbocycles. The summed E-state index contributed by atoms with van der Waals surface area (Å²) in [6, 6.07) is 0. The topological polar surface area (TPSA) is 9.23 Å². The predicted octanol–water partition coefficient (Wildman–Crippen LogP) is 2.42. The molecule has 1 radical (unpaired) electrons. The molecule has 0 bridgehead atoms. The predicted molar refractivity (Wildman–Crippen MR) is 40.3 cm³/mol. The fourth-order valence-electron chi connectivity index (χ4n) is 0.523. The fourth-order valence-corrected chi connectivity index (χ4v) is 0.523. The van der Waals surface area contributed by atoms with Crippen molar-refractivity contribution in [2.24, 2.45) is 0 Å². The average molecular weight is 129 g/mol. The van der Waals surface area contributed by atoms with Crippen molar-refractivity contribution in [2.75, 3.05) is 13.2 Å². The van der Waals surface area contributed by atoms with Crippen LogP contribution in [0.25, 0.3) is 0 Å². The molecule has 0 heterocycles. The largest absolute Gasteiger partial charge is 0.381 e. The number of hydrogen-bond donors (Lipinski definition) is 0. The maximum Gasteiger partial charge on any atom is 0.0471 e. The summed E-state index contributed by atoms with van der Waals surface area (Å²) in [6.45, 7) is 8.20. The molecule has 55 valence electrons. The van der Waals surface area contributed by atoms with Gasteiger partial charge in [-0.1, -0.05) is 20.8 Å². The smallest absolute Gasteiger partial charge is 0.0471 e. The van der Waals surface area contributed by atoms with E-state index in [9.17, 15) is 0 Å². The van der Waals surface area contributed by atoms with Crippen LogP contribution >= 0.6 is 0 Å². The first-order valence-electron chi connectivity index (χ1n) is 3.64. The van der Waals surface area contributed by atoms with E-state index in [1.165, 1.54) is 5.92 Å². The summed E-state index contributed by atoms with van der Waals surface area (Å²) in [5.74, 6) is 1.45. The highest BCUT2D eigenvalue weighted by atomic mass is 16.5. The van der Waals surface area contributed by atoms with Crippen molar-refractivity contribution in [2.45, 2.75) is 33.6 Å². The van der Waals surface area contributed by atoms with E-state index >= 15 is 0 Å². The minimum atomic E-state index is 0.899. The molecule has 0 aliphatic carbocycles. The zero-order valence-corrected chi connectivity index (χ0v) is 6.74. The molecule has 0 aliphatic heterocycles. The summed E-state index contributed by atoms with van der Waals surface area (Å²) in [4.78, 5) is 0. The molecule has 0 fully saturated rings. The third kappa shape index (κ3) is 7.96. The Morgan fingerprint density at radius 3 is 2.33 bits per heavy atom. The third-order valence-corrected chi connectivity index (χ3v) is 1.09. The van der Waals surface area contributed by atoms with E-state index in [0.717, 1.165) is 26.1 Å². The van der Waals surface area contributed by atoms with Crippen LogP contribution in [0.1, 0.15) is 33.6 Å². The van der Waals surface area contributed by atoms with E-state index in [4.69, 9.17) is 4.74 Å². The van der Waals surface area contributed by atoms with Gasteiger partial charge in [-0.25, -0.2) is 0 Å². The van der Waals surface area contributed by atoms with Gasteiger partial charge in [0.25, 0.3) is 0 Å². The number of rotatable bonds is 5. The first-order valence-corrected chi connectivity index (χ1v) is 3.64. The van der Waals surface area contributed by atoms with E-state index in [1.807, 2.05) is 0 Å². The van der Waals surface area contributed by atoms with Crippen molar-refractivity contribution >= 4 is 0 Å². The summed E-state index contributed by atoms with van der Waals surface area (Å²) in [5, 5.41) is 0. The van der Waals surface area contributed by atoms with Crippen LogP contribution in [0.5, 0.6) is 0 Å². The molecule has 1 heteroatoms. The molecule has 0 spiro atoms. The summed E-state index contributed by atoms with van der Waals surface area (Å²) in [6.07, 6.45) is 2.24. The van der Waals surface area contributed by atoms with Gasteiger partial charge >= 0.3 is 0 Å². The van der Waals surface area contributed by atoms with Gasteiger partial charge in [0, 0.05) is 13.2 Å². The zero-order valence-electron chi connectivity index (χ0n) is 6.74. The van der Waals surface area contributed by atoms with Crippen LogP contribution in [0.2, 0.25) is 0 Å². The Hall–Kier alpha value is -0.0400. The highest BCUT2D eigenvalue weighted by Crippen LogP contribution is 2.01. The maximum absolute atomic E-state index is 5.27. The van der Waals surface area contributed by atoms with Gasteiger partial charge in [-0.2, -0.15) is 0 Å². The average Bonchev–Trinajstić information content (AvgIpc) is 1.80. The first kappa shape index (κ1) is 8.96. The Morgan fingerprint density at radius 1 is 1.22 bits per heavy atom. The molecular formula is C8H17O. The number of ether oxygens (including phenoxy) is 1. The second-order valence-corrected chi connectivity index (χ2v) is 2.57. The van der Waals surface area contributed by atoms with Crippen LogP contribution in [0.15, 0.2) is 0 Å². The highest BCUT2D eigenvalue weighted by Gasteiger charge is 1.92. The normalized spacial score (nSPS) is 10.7. The Kier molecular flexibility index (Phi) is 6.06. The Balaban J connectivity index is 2.75. The lowest BCUT2D eigenvalue weighted by atomic mass is 10.1. The highest BCUT2D eigenvalue weighted by molar-refractivity contribution is 4.75. The van der Waals surface area contributed by atoms with Gasteiger partial charge in [0.15, 0.2) is 0 Å². The van der Waals surface area contributed by atoms with Crippen molar-refractivity contribution < 1.29 is 4.74 Å². The van der Waals surface area contributed by atoms with E-state index in [1.54, 1.807) is 0 Å². The second kappa shape index (κ2) is 6.09. The molecule has 0 aromatic heterocycles. The van der Waals surface area contributed by atoms with Crippen LogP contribution in [0.4, 0.5) is 0 Å². The molecule has 0 N–H and O–H groups in total. The summed E-state index contributed by atoms with van der Waals surface area (Å²) >= 11 is 0. The Labute approximate surface area is 58.4 Å². The van der Waals surface area contributed by atoms with Crippen molar-refractivity contribution in [3.05, 3.63) is 5.92 Å². The van der Waals surface area contributed by atoms with Gasteiger partial charge in [0.05, 0.1) is 0 Å². The molecule has 0 aromatic carbocycles. The lowest BCUT2D eigenvalue weighted by Gasteiger charge is -2.03. The van der Waals surface area contributed by atoms with Crippen molar-refractivity contribution in [1.29, 1.82) is 0 Å². The minimum absolute atomic E-state index is 0.899. The first-order chi connectivity index (χ1) is 4.27. The Morgan fingerprint density at radius 2 is 1.89 bits per heavy atom. The molecule has 9 heavy (non-hydrogen) atoms. The maximum atomic E-state index is 5.27. The zero-order chi connectivity index (χ0) is 7.11. The SMILES string of the molecule is CCCOCC[C](C)C. The number of hydrogen-bond acceptors (Lipinski definition) is 1. The monoisotopic (exact) mass is 129 g/mol. The van der Waals surface area contributed by atoms with Gasteiger partial charge in [-0.05, 0) is 18.8 Å². The van der Waals surface area contributed by atoms with Crippen LogP contribution in [-0.2, 0) is 4.74 Å². The minimum Gasteiger partial charge on any atom is -0.381 e. The molecule has 0 rings (SSSR count). The molecule has 0 saturated heterocycles. The molecule has 0 aromatic rings. The van der Waals surface area contributed by atoms with Gasteiger partial charge in [0.1, 0.15) is 0 Å². The van der Waals surface area contributed by atoms with Crippen molar-refractivity contribution in [1.82, 2.24) is 0 Å². The van der Waals surface area contributed by atoms with Crippen LogP contribution in [0, 0.1) is 5.92 Å². The van der Waals surface area contributed by atoms with Crippen LogP contribution < -0.4 is 0 Å².